The van der Waals surface area contributed by atoms with Gasteiger partial charge in [-0.25, -0.2) is 4.79 Å². The highest BCUT2D eigenvalue weighted by Gasteiger charge is 2.55. The van der Waals surface area contributed by atoms with E-state index in [2.05, 4.69) is 15.5 Å². The molecule has 8 nitrogen and oxygen atoms in total. The second kappa shape index (κ2) is 12.0. The Morgan fingerprint density at radius 1 is 1.07 bits per heavy atom. The van der Waals surface area contributed by atoms with Gasteiger partial charge in [-0.2, -0.15) is 11.3 Å². The minimum Gasteiger partial charge on any atom is -0.448 e. The van der Waals surface area contributed by atoms with Gasteiger partial charge >= 0.3 is 5.97 Å². The first-order valence-corrected chi connectivity index (χ1v) is 16.0. The second-order valence-electron chi connectivity index (χ2n) is 8.95. The fourth-order valence-corrected chi connectivity index (χ4v) is 8.30. The minimum atomic E-state index is -0.717. The van der Waals surface area contributed by atoms with Crippen molar-refractivity contribution in [2.75, 3.05) is 5.75 Å². The van der Waals surface area contributed by atoms with E-state index in [1.165, 1.54) is 51.1 Å². The highest BCUT2D eigenvalue weighted by atomic mass is 32.2. The Bertz CT molecular complexity index is 1490. The van der Waals surface area contributed by atoms with Crippen molar-refractivity contribution >= 4 is 64.0 Å². The molecule has 40 heavy (non-hydrogen) atoms. The third kappa shape index (κ3) is 5.57. The molecule has 1 saturated heterocycles. The Morgan fingerprint density at radius 3 is 2.42 bits per heavy atom. The van der Waals surface area contributed by atoms with Gasteiger partial charge < -0.3 is 10.1 Å². The van der Waals surface area contributed by atoms with Gasteiger partial charge in [0, 0.05) is 10.7 Å². The van der Waals surface area contributed by atoms with Crippen LogP contribution >= 0.6 is 46.2 Å². The first-order chi connectivity index (χ1) is 19.6. The fraction of sp³-hybridized carbons (Fsp3) is 0.179. The van der Waals surface area contributed by atoms with Gasteiger partial charge in [0.15, 0.2) is 10.4 Å². The third-order valence-electron chi connectivity index (χ3n) is 6.37. The molecule has 2 aliphatic heterocycles. The van der Waals surface area contributed by atoms with Crippen LogP contribution in [-0.2, 0) is 25.5 Å². The maximum absolute atomic E-state index is 14.0. The molecule has 2 aromatic carbocycles. The Hall–Kier alpha value is -3.45. The van der Waals surface area contributed by atoms with Gasteiger partial charge in [0.1, 0.15) is 22.6 Å². The second-order valence-corrected chi connectivity index (χ2v) is 13.0. The fourth-order valence-electron chi connectivity index (χ4n) is 4.52. The Morgan fingerprint density at radius 2 is 1.80 bits per heavy atom. The van der Waals surface area contributed by atoms with Crippen LogP contribution < -0.4 is 5.32 Å². The first kappa shape index (κ1) is 26.8. The molecular formula is C28H22N4O4S4. The molecule has 2 aromatic heterocycles. The molecule has 4 heterocycles. The van der Waals surface area contributed by atoms with Crippen molar-refractivity contribution in [1.82, 2.24) is 20.4 Å². The summed E-state index contributed by atoms with van der Waals surface area (Å²) < 4.78 is 6.83. The molecule has 1 fully saturated rings. The van der Waals surface area contributed by atoms with E-state index in [0.717, 1.165) is 16.7 Å². The van der Waals surface area contributed by atoms with E-state index in [0.29, 0.717) is 15.0 Å². The van der Waals surface area contributed by atoms with Crippen molar-refractivity contribution in [3.8, 4) is 0 Å². The number of carbonyl (C=O) groups is 3. The molecule has 2 amide bonds. The monoisotopic (exact) mass is 606 g/mol. The van der Waals surface area contributed by atoms with Crippen LogP contribution in [0.25, 0.3) is 0 Å². The van der Waals surface area contributed by atoms with Crippen LogP contribution in [0.1, 0.15) is 22.8 Å². The summed E-state index contributed by atoms with van der Waals surface area (Å²) in [7, 11) is 0. The van der Waals surface area contributed by atoms with E-state index < -0.39 is 23.5 Å². The molecule has 12 heteroatoms. The summed E-state index contributed by atoms with van der Waals surface area (Å²) in [4.78, 5) is 42.2. The number of benzene rings is 2. The molecule has 4 aromatic rings. The van der Waals surface area contributed by atoms with Gasteiger partial charge in [-0.3, -0.25) is 14.5 Å². The molecule has 1 N–H and O–H groups in total. The summed E-state index contributed by atoms with van der Waals surface area (Å²) in [5.41, 5.74) is 4.34. The van der Waals surface area contributed by atoms with Gasteiger partial charge in [0.05, 0.1) is 6.42 Å². The summed E-state index contributed by atoms with van der Waals surface area (Å²) in [6.45, 7) is 0. The van der Waals surface area contributed by atoms with E-state index >= 15 is 0 Å². The number of rotatable bonds is 9. The average molecular weight is 607 g/mol. The minimum absolute atomic E-state index is 0.189. The molecule has 2 atom stereocenters. The van der Waals surface area contributed by atoms with Crippen LogP contribution in [0.2, 0.25) is 0 Å². The van der Waals surface area contributed by atoms with Gasteiger partial charge in [-0.15, -0.1) is 22.0 Å². The number of nitrogens with one attached hydrogen (secondary N) is 1. The van der Waals surface area contributed by atoms with E-state index in [9.17, 15) is 14.4 Å². The molecule has 2 aliphatic rings. The molecule has 0 radical (unpaired) electrons. The Labute approximate surface area is 246 Å². The Balaban J connectivity index is 1.28. The maximum Gasteiger partial charge on any atom is 0.356 e. The van der Waals surface area contributed by atoms with Crippen LogP contribution in [0.4, 0.5) is 0 Å². The van der Waals surface area contributed by atoms with Crippen molar-refractivity contribution in [1.29, 1.82) is 0 Å². The Kier molecular flexibility index (Phi) is 8.00. The molecule has 0 aliphatic carbocycles. The number of β-lactam (4-membered cyclic amide) rings is 1. The van der Waals surface area contributed by atoms with Crippen molar-refractivity contribution in [2.24, 2.45) is 0 Å². The molecule has 0 spiro atoms. The number of nitrogens with zero attached hydrogens (tertiary/aromatic N) is 3. The lowest BCUT2D eigenvalue weighted by atomic mass is 10.0. The van der Waals surface area contributed by atoms with Crippen molar-refractivity contribution < 1.29 is 19.1 Å². The summed E-state index contributed by atoms with van der Waals surface area (Å²) in [5, 5.41) is 14.3. The van der Waals surface area contributed by atoms with Crippen LogP contribution in [0.5, 0.6) is 0 Å². The normalized spacial score (nSPS) is 18.3. The lowest BCUT2D eigenvalue weighted by Gasteiger charge is -2.49. The maximum atomic E-state index is 14.0. The zero-order valence-corrected chi connectivity index (χ0v) is 24.1. The van der Waals surface area contributed by atoms with E-state index in [4.69, 9.17) is 4.74 Å². The molecule has 0 saturated carbocycles. The predicted molar refractivity (Wildman–Crippen MR) is 157 cm³/mol. The number of fused-ring (bicyclic) bond motifs is 1. The lowest BCUT2D eigenvalue weighted by molar-refractivity contribution is -0.154. The third-order valence-corrected chi connectivity index (χ3v) is 10.4. The van der Waals surface area contributed by atoms with Gasteiger partial charge in [-0.1, -0.05) is 83.8 Å². The standard InChI is InChI=1S/C28H22N4O4S4/c33-21(13-17-11-12-37-14-17)30-22-25(34)32-23(20(15-38-26(22)32)40-28-31-29-16-39-28)27(35)36-24(18-7-3-1-4-8-18)19-9-5-2-6-10-19/h1-12,14,16,22,24,26H,13,15H2,(H,30,33)/t22-,26+/m1/s1. The summed E-state index contributed by atoms with van der Waals surface area (Å²) >= 11 is 5.68. The number of ether oxygens (including phenoxy) is 1. The SMILES string of the molecule is O=C(Cc1ccsc1)N[C@@H]1C(=O)N2C(C(=O)OC(c3ccccc3)c3ccccc3)=C(Sc3nncs3)CS[C@@H]12. The zero-order chi connectivity index (χ0) is 27.5. The van der Waals surface area contributed by atoms with Gasteiger partial charge in [-0.05, 0) is 33.5 Å². The number of esters is 1. The predicted octanol–water partition coefficient (Wildman–Crippen LogP) is 4.88. The van der Waals surface area contributed by atoms with Crippen LogP contribution in [-0.4, -0.2) is 50.0 Å². The van der Waals surface area contributed by atoms with Crippen LogP contribution in [0.15, 0.2) is 97.9 Å². The molecule has 0 bridgehead atoms. The molecule has 0 unspecified atom stereocenters. The largest absolute Gasteiger partial charge is 0.448 e. The molecule has 6 rings (SSSR count). The highest BCUT2D eigenvalue weighted by molar-refractivity contribution is 8.07. The van der Waals surface area contributed by atoms with Gasteiger partial charge in [0.25, 0.3) is 5.91 Å². The quantitative estimate of drug-likeness (QED) is 0.213. The number of amides is 2. The molecular weight excluding hydrogens is 585 g/mol. The number of hydrogen-bond acceptors (Lipinski definition) is 10. The number of thioether (sulfide) groups is 2. The number of carbonyl (C=O) groups excluding carboxylic acids is 3. The molecule has 202 valence electrons. The summed E-state index contributed by atoms with van der Waals surface area (Å²) in [5.74, 6) is -0.714. The topological polar surface area (TPSA) is 101 Å². The number of thiophene rings is 1. The lowest BCUT2D eigenvalue weighted by Crippen LogP contribution is -2.70. The van der Waals surface area contributed by atoms with Crippen molar-refractivity contribution in [2.45, 2.75) is 28.3 Å². The van der Waals surface area contributed by atoms with Gasteiger partial charge in [0.2, 0.25) is 5.91 Å². The number of aromatic nitrogens is 2. The average Bonchev–Trinajstić information content (AvgIpc) is 3.70. The number of hydrogen-bond donors (Lipinski definition) is 1. The summed E-state index contributed by atoms with van der Waals surface area (Å²) in [6.07, 6.45) is -0.468. The van der Waals surface area contributed by atoms with Crippen molar-refractivity contribution in [3.05, 3.63) is 110 Å². The van der Waals surface area contributed by atoms with E-state index in [1.807, 2.05) is 77.5 Å². The van der Waals surface area contributed by atoms with E-state index in [-0.39, 0.29) is 23.9 Å². The van der Waals surface area contributed by atoms with Crippen molar-refractivity contribution in [3.63, 3.8) is 0 Å². The first-order valence-electron chi connectivity index (χ1n) is 12.3. The summed E-state index contributed by atoms with van der Waals surface area (Å²) in [6, 6.07) is 20.2. The zero-order valence-electron chi connectivity index (χ0n) is 20.8. The van der Waals surface area contributed by atoms with E-state index in [1.54, 1.807) is 5.51 Å². The smallest absolute Gasteiger partial charge is 0.356 e. The van der Waals surface area contributed by atoms with Crippen LogP contribution in [0.3, 0.4) is 0 Å². The van der Waals surface area contributed by atoms with Crippen LogP contribution in [0, 0.1) is 0 Å². The highest BCUT2D eigenvalue weighted by Crippen LogP contribution is 2.46.